The molecule has 2 aromatic rings. The molecule has 0 amide bonds. The lowest BCUT2D eigenvalue weighted by Crippen LogP contribution is -2.06. The number of rotatable bonds is 3. The Hall–Kier alpha value is -2.37. The Labute approximate surface area is 99.1 Å². The molecule has 0 aliphatic carbocycles. The van der Waals surface area contributed by atoms with Gasteiger partial charge in [0.05, 0.1) is 0 Å². The summed E-state index contributed by atoms with van der Waals surface area (Å²) in [7, 11) is 0. The second-order valence-electron chi connectivity index (χ2n) is 3.53. The molecule has 0 aliphatic rings. The molecule has 6 nitrogen and oxygen atoms in total. The largest absolute Gasteiger partial charge is 0.399 e. The van der Waals surface area contributed by atoms with Gasteiger partial charge in [-0.25, -0.2) is 0 Å². The highest BCUT2D eigenvalue weighted by molar-refractivity contribution is 5.57. The van der Waals surface area contributed by atoms with E-state index in [0.29, 0.717) is 23.9 Å². The summed E-state index contributed by atoms with van der Waals surface area (Å²) in [5.74, 6) is 1.32. The number of hydrogen-bond acceptors (Lipinski definition) is 6. The van der Waals surface area contributed by atoms with Gasteiger partial charge in [0.25, 0.3) is 0 Å². The van der Waals surface area contributed by atoms with Gasteiger partial charge in [-0.15, -0.1) is 0 Å². The molecule has 0 saturated heterocycles. The highest BCUT2D eigenvalue weighted by atomic mass is 15.2. The van der Waals surface area contributed by atoms with E-state index < -0.39 is 0 Å². The zero-order valence-electron chi connectivity index (χ0n) is 9.51. The van der Waals surface area contributed by atoms with E-state index in [0.717, 1.165) is 5.69 Å². The summed E-state index contributed by atoms with van der Waals surface area (Å²) in [4.78, 5) is 12.2. The van der Waals surface area contributed by atoms with Crippen LogP contribution in [0.2, 0.25) is 0 Å². The van der Waals surface area contributed by atoms with E-state index in [9.17, 15) is 0 Å². The van der Waals surface area contributed by atoms with Gasteiger partial charge >= 0.3 is 0 Å². The van der Waals surface area contributed by atoms with Crippen LogP contribution in [0.25, 0.3) is 0 Å². The van der Waals surface area contributed by atoms with Gasteiger partial charge in [-0.2, -0.15) is 15.0 Å². The summed E-state index contributed by atoms with van der Waals surface area (Å²) in [6, 6.07) is 7.29. The molecule has 1 heterocycles. The summed E-state index contributed by atoms with van der Waals surface area (Å²) < 4.78 is 0. The predicted molar refractivity (Wildman–Crippen MR) is 67.8 cm³/mol. The summed E-state index contributed by atoms with van der Waals surface area (Å²) in [5.41, 5.74) is 12.8. The molecule has 6 heteroatoms. The molecule has 0 saturated carbocycles. The van der Waals surface area contributed by atoms with Gasteiger partial charge in [-0.3, -0.25) is 0 Å². The Balaban J connectivity index is 2.23. The lowest BCUT2D eigenvalue weighted by Gasteiger charge is -2.06. The van der Waals surface area contributed by atoms with Gasteiger partial charge < -0.3 is 16.8 Å². The van der Waals surface area contributed by atoms with E-state index in [4.69, 9.17) is 11.5 Å². The normalized spacial score (nSPS) is 10.2. The van der Waals surface area contributed by atoms with Crippen LogP contribution in [0.3, 0.4) is 0 Å². The molecule has 0 spiro atoms. The van der Waals surface area contributed by atoms with Gasteiger partial charge in [0.1, 0.15) is 5.82 Å². The van der Waals surface area contributed by atoms with Gasteiger partial charge in [0.2, 0.25) is 11.9 Å². The number of nitrogen functional groups attached to an aromatic ring is 2. The molecule has 1 aromatic carbocycles. The van der Waals surface area contributed by atoms with Crippen molar-refractivity contribution in [2.75, 3.05) is 16.8 Å². The van der Waals surface area contributed by atoms with Crippen LogP contribution in [0.15, 0.2) is 24.3 Å². The van der Waals surface area contributed by atoms with Crippen LogP contribution < -0.4 is 16.8 Å². The van der Waals surface area contributed by atoms with E-state index in [1.165, 1.54) is 0 Å². The smallest absolute Gasteiger partial charge is 0.232 e. The van der Waals surface area contributed by atoms with Crippen LogP contribution in [0.4, 0.5) is 23.3 Å². The van der Waals surface area contributed by atoms with Crippen molar-refractivity contribution in [3.05, 3.63) is 30.1 Å². The van der Waals surface area contributed by atoms with Crippen LogP contribution in [-0.4, -0.2) is 15.0 Å². The predicted octanol–water partition coefficient (Wildman–Crippen LogP) is 1.34. The standard InChI is InChI=1S/C11H14N6/c1-2-9-15-10(13)17-11(16-9)14-8-5-3-7(12)4-6-8/h3-6H,2,12H2,1H3,(H3,13,14,15,16,17). The molecule has 0 atom stereocenters. The Morgan fingerprint density at radius 3 is 2.41 bits per heavy atom. The lowest BCUT2D eigenvalue weighted by atomic mass is 10.3. The highest BCUT2D eigenvalue weighted by Crippen LogP contribution is 2.15. The number of nitrogens with two attached hydrogens (primary N) is 2. The average molecular weight is 230 g/mol. The maximum atomic E-state index is 5.60. The Kier molecular flexibility index (Phi) is 3.04. The first kappa shape index (κ1) is 11.1. The van der Waals surface area contributed by atoms with E-state index in [1.54, 1.807) is 12.1 Å². The van der Waals surface area contributed by atoms with Gasteiger partial charge in [-0.05, 0) is 24.3 Å². The number of aryl methyl sites for hydroxylation is 1. The molecule has 0 fully saturated rings. The first-order valence-corrected chi connectivity index (χ1v) is 5.30. The van der Waals surface area contributed by atoms with Crippen molar-refractivity contribution in [3.63, 3.8) is 0 Å². The molecule has 88 valence electrons. The minimum atomic E-state index is 0.217. The molecular formula is C11H14N6. The fourth-order valence-corrected chi connectivity index (χ4v) is 1.35. The molecule has 5 N–H and O–H groups in total. The topological polar surface area (TPSA) is 103 Å². The van der Waals surface area contributed by atoms with Crippen LogP contribution in [0.5, 0.6) is 0 Å². The van der Waals surface area contributed by atoms with E-state index in [-0.39, 0.29) is 5.95 Å². The number of anilines is 4. The van der Waals surface area contributed by atoms with E-state index in [2.05, 4.69) is 20.3 Å². The third-order valence-corrected chi connectivity index (χ3v) is 2.18. The van der Waals surface area contributed by atoms with Crippen molar-refractivity contribution in [1.82, 2.24) is 15.0 Å². The second-order valence-corrected chi connectivity index (χ2v) is 3.53. The molecule has 0 unspecified atom stereocenters. The van der Waals surface area contributed by atoms with Crippen molar-refractivity contribution in [2.45, 2.75) is 13.3 Å². The minimum absolute atomic E-state index is 0.217. The number of benzene rings is 1. The third kappa shape index (κ3) is 2.81. The maximum Gasteiger partial charge on any atom is 0.232 e. The molecule has 17 heavy (non-hydrogen) atoms. The van der Waals surface area contributed by atoms with Crippen LogP contribution in [-0.2, 0) is 6.42 Å². The quantitative estimate of drug-likeness (QED) is 0.687. The average Bonchev–Trinajstić information content (AvgIpc) is 2.31. The maximum absolute atomic E-state index is 5.60. The van der Waals surface area contributed by atoms with Crippen LogP contribution in [0.1, 0.15) is 12.7 Å². The van der Waals surface area contributed by atoms with E-state index >= 15 is 0 Å². The molecule has 0 radical (unpaired) electrons. The third-order valence-electron chi connectivity index (χ3n) is 2.18. The van der Waals surface area contributed by atoms with Gasteiger partial charge in [0, 0.05) is 17.8 Å². The van der Waals surface area contributed by atoms with Crippen LogP contribution >= 0.6 is 0 Å². The Morgan fingerprint density at radius 2 is 1.76 bits per heavy atom. The lowest BCUT2D eigenvalue weighted by molar-refractivity contribution is 0.913. The van der Waals surface area contributed by atoms with Crippen molar-refractivity contribution in [2.24, 2.45) is 0 Å². The van der Waals surface area contributed by atoms with Crippen molar-refractivity contribution in [3.8, 4) is 0 Å². The summed E-state index contributed by atoms with van der Waals surface area (Å²) >= 11 is 0. The second kappa shape index (κ2) is 4.65. The van der Waals surface area contributed by atoms with Crippen molar-refractivity contribution in [1.29, 1.82) is 0 Å². The van der Waals surface area contributed by atoms with Crippen molar-refractivity contribution >= 4 is 23.3 Å². The van der Waals surface area contributed by atoms with E-state index in [1.807, 2.05) is 19.1 Å². The number of nitrogens with zero attached hydrogens (tertiary/aromatic N) is 3. The van der Waals surface area contributed by atoms with Crippen LogP contribution in [0, 0.1) is 0 Å². The Morgan fingerprint density at radius 1 is 1.06 bits per heavy atom. The number of hydrogen-bond donors (Lipinski definition) is 3. The highest BCUT2D eigenvalue weighted by Gasteiger charge is 2.03. The fraction of sp³-hybridized carbons (Fsp3) is 0.182. The zero-order valence-corrected chi connectivity index (χ0v) is 9.51. The monoisotopic (exact) mass is 230 g/mol. The Bertz CT molecular complexity index is 508. The summed E-state index contributed by atoms with van der Waals surface area (Å²) in [5, 5.41) is 3.05. The SMILES string of the molecule is CCc1nc(N)nc(Nc2ccc(N)cc2)n1. The van der Waals surface area contributed by atoms with Gasteiger partial charge in [-0.1, -0.05) is 6.92 Å². The molecule has 0 aliphatic heterocycles. The molecule has 1 aromatic heterocycles. The molecule has 2 rings (SSSR count). The molecular weight excluding hydrogens is 216 g/mol. The van der Waals surface area contributed by atoms with Crippen molar-refractivity contribution < 1.29 is 0 Å². The number of aromatic nitrogens is 3. The minimum Gasteiger partial charge on any atom is -0.399 e. The first-order valence-electron chi connectivity index (χ1n) is 5.30. The summed E-state index contributed by atoms with van der Waals surface area (Å²) in [6.45, 7) is 1.96. The fourth-order valence-electron chi connectivity index (χ4n) is 1.35. The first-order chi connectivity index (χ1) is 8.17. The zero-order chi connectivity index (χ0) is 12.3. The number of nitrogens with one attached hydrogen (secondary N) is 1. The summed E-state index contributed by atoms with van der Waals surface area (Å²) in [6.07, 6.45) is 0.711. The molecule has 0 bridgehead atoms. The van der Waals surface area contributed by atoms with Gasteiger partial charge in [0.15, 0.2) is 0 Å².